The second-order valence-corrected chi connectivity index (χ2v) is 6.06. The third-order valence-electron chi connectivity index (χ3n) is 3.34. The van der Waals surface area contributed by atoms with E-state index in [0.717, 1.165) is 30.5 Å². The molecule has 0 aromatic carbocycles. The minimum absolute atomic E-state index is 0.570. The number of fused-ring (bicyclic) bond motifs is 1. The molecule has 4 heteroatoms. The lowest BCUT2D eigenvalue weighted by Crippen LogP contribution is -2.36. The molecule has 0 saturated carbocycles. The van der Waals surface area contributed by atoms with Crippen LogP contribution in [-0.2, 0) is 0 Å². The van der Waals surface area contributed by atoms with Gasteiger partial charge in [0.2, 0.25) is 0 Å². The zero-order valence-corrected chi connectivity index (χ0v) is 13.3. The fraction of sp³-hybridized carbons (Fsp3) is 0.500. The van der Waals surface area contributed by atoms with Crippen LogP contribution in [-0.4, -0.2) is 22.9 Å². The van der Waals surface area contributed by atoms with Gasteiger partial charge in [0.25, 0.3) is 0 Å². The highest BCUT2D eigenvalue weighted by molar-refractivity contribution is 9.09. The molecule has 0 aliphatic carbocycles. The van der Waals surface area contributed by atoms with Gasteiger partial charge in [-0.2, -0.15) is 0 Å². The first-order valence-corrected chi connectivity index (χ1v) is 8.46. The second-order valence-electron chi connectivity index (χ2n) is 4.32. The Morgan fingerprint density at radius 2 is 2.11 bits per heavy atom. The monoisotopic (exact) mass is 326 g/mol. The highest BCUT2D eigenvalue weighted by atomic mass is 79.9. The van der Waals surface area contributed by atoms with Crippen molar-refractivity contribution in [1.82, 2.24) is 4.98 Å². The number of thiophene rings is 1. The van der Waals surface area contributed by atoms with E-state index in [0.29, 0.717) is 6.04 Å². The molecule has 18 heavy (non-hydrogen) atoms. The number of pyridine rings is 1. The number of hydrogen-bond acceptors (Lipinski definition) is 3. The topological polar surface area (TPSA) is 16.1 Å². The largest absolute Gasteiger partial charge is 0.352 e. The number of halogens is 1. The van der Waals surface area contributed by atoms with Crippen molar-refractivity contribution in [2.75, 3.05) is 16.8 Å². The number of hydrogen-bond donors (Lipinski definition) is 0. The summed E-state index contributed by atoms with van der Waals surface area (Å²) in [6.07, 6.45) is 4.25. The predicted octanol–water partition coefficient (Wildman–Crippen LogP) is 4.69. The van der Waals surface area contributed by atoms with Crippen LogP contribution < -0.4 is 4.90 Å². The first kappa shape index (κ1) is 13.8. The van der Waals surface area contributed by atoms with E-state index in [9.17, 15) is 0 Å². The molecule has 0 fully saturated rings. The molecule has 2 rings (SSSR count). The maximum Gasteiger partial charge on any atom is 0.137 e. The van der Waals surface area contributed by atoms with Crippen LogP contribution in [0, 0.1) is 0 Å². The smallest absolute Gasteiger partial charge is 0.137 e. The molecule has 0 spiro atoms. The molecule has 0 bridgehead atoms. The summed E-state index contributed by atoms with van der Waals surface area (Å²) in [6.45, 7) is 5.51. The van der Waals surface area contributed by atoms with Gasteiger partial charge in [0, 0.05) is 34.2 Å². The maximum absolute atomic E-state index is 4.63. The van der Waals surface area contributed by atoms with Gasteiger partial charge < -0.3 is 4.90 Å². The van der Waals surface area contributed by atoms with Gasteiger partial charge in [0.1, 0.15) is 5.82 Å². The predicted molar refractivity (Wildman–Crippen MR) is 85.1 cm³/mol. The van der Waals surface area contributed by atoms with E-state index in [1.807, 2.05) is 6.20 Å². The van der Waals surface area contributed by atoms with Crippen molar-refractivity contribution in [3.63, 3.8) is 0 Å². The number of anilines is 1. The lowest BCUT2D eigenvalue weighted by molar-refractivity contribution is 0.565. The number of alkyl halides is 1. The van der Waals surface area contributed by atoms with Crippen molar-refractivity contribution < 1.29 is 0 Å². The molecule has 0 aliphatic heterocycles. The zero-order chi connectivity index (χ0) is 13.0. The van der Waals surface area contributed by atoms with Crippen molar-refractivity contribution in [3.8, 4) is 0 Å². The van der Waals surface area contributed by atoms with Crippen LogP contribution in [0.3, 0.4) is 0 Å². The summed E-state index contributed by atoms with van der Waals surface area (Å²) in [5.74, 6) is 1.14. The lowest BCUT2D eigenvalue weighted by Gasteiger charge is -2.31. The van der Waals surface area contributed by atoms with Gasteiger partial charge in [-0.15, -0.1) is 11.3 Å². The number of nitrogens with zero attached hydrogens (tertiary/aromatic N) is 2. The molecule has 2 aromatic heterocycles. The Labute approximate surface area is 121 Å². The van der Waals surface area contributed by atoms with Crippen LogP contribution >= 0.6 is 27.3 Å². The molecule has 0 N–H and O–H groups in total. The van der Waals surface area contributed by atoms with Gasteiger partial charge in [0.05, 0.1) is 0 Å². The van der Waals surface area contributed by atoms with E-state index in [-0.39, 0.29) is 0 Å². The molecule has 98 valence electrons. The van der Waals surface area contributed by atoms with Gasteiger partial charge in [-0.3, -0.25) is 0 Å². The van der Waals surface area contributed by atoms with E-state index in [1.165, 1.54) is 10.1 Å². The van der Waals surface area contributed by atoms with E-state index in [2.05, 4.69) is 57.2 Å². The van der Waals surface area contributed by atoms with Crippen molar-refractivity contribution in [2.45, 2.75) is 32.7 Å². The molecule has 0 aliphatic rings. The van der Waals surface area contributed by atoms with E-state index < -0.39 is 0 Å². The summed E-state index contributed by atoms with van der Waals surface area (Å²) in [7, 11) is 0. The summed E-state index contributed by atoms with van der Waals surface area (Å²) < 4.78 is 1.32. The Morgan fingerprint density at radius 1 is 1.33 bits per heavy atom. The van der Waals surface area contributed by atoms with Gasteiger partial charge >= 0.3 is 0 Å². The van der Waals surface area contributed by atoms with Gasteiger partial charge in [-0.1, -0.05) is 29.8 Å². The average molecular weight is 327 g/mol. The number of rotatable bonds is 6. The van der Waals surface area contributed by atoms with Crippen LogP contribution in [0.2, 0.25) is 0 Å². The highest BCUT2D eigenvalue weighted by Gasteiger charge is 2.18. The van der Waals surface area contributed by atoms with E-state index in [1.54, 1.807) is 11.3 Å². The van der Waals surface area contributed by atoms with Crippen molar-refractivity contribution in [1.29, 1.82) is 0 Å². The van der Waals surface area contributed by atoms with E-state index >= 15 is 0 Å². The molecule has 0 radical (unpaired) electrons. The molecular formula is C14H19BrN2S. The number of aromatic nitrogens is 1. The summed E-state index contributed by atoms with van der Waals surface area (Å²) in [5.41, 5.74) is 0. The van der Waals surface area contributed by atoms with E-state index in [4.69, 9.17) is 0 Å². The van der Waals surface area contributed by atoms with Crippen LogP contribution in [0.1, 0.15) is 26.7 Å². The average Bonchev–Trinajstić information content (AvgIpc) is 2.87. The first-order chi connectivity index (χ1) is 8.81. The summed E-state index contributed by atoms with van der Waals surface area (Å²) in [6, 6.07) is 4.86. The first-order valence-electron chi connectivity index (χ1n) is 6.46. The van der Waals surface area contributed by atoms with Crippen molar-refractivity contribution in [2.24, 2.45) is 0 Å². The minimum atomic E-state index is 0.570. The van der Waals surface area contributed by atoms with Crippen molar-refractivity contribution in [3.05, 3.63) is 23.7 Å². The van der Waals surface area contributed by atoms with Crippen LogP contribution in [0.4, 0.5) is 5.82 Å². The lowest BCUT2D eigenvalue weighted by atomic mass is 10.1. The third-order valence-corrected chi connectivity index (χ3v) is 4.58. The fourth-order valence-corrected chi connectivity index (χ4v) is 3.55. The summed E-state index contributed by atoms with van der Waals surface area (Å²) >= 11 is 5.35. The van der Waals surface area contributed by atoms with Crippen LogP contribution in [0.15, 0.2) is 23.7 Å². The van der Waals surface area contributed by atoms with Gasteiger partial charge in [-0.05, 0) is 30.4 Å². The second kappa shape index (κ2) is 6.53. The van der Waals surface area contributed by atoms with Gasteiger partial charge in [-0.25, -0.2) is 4.98 Å². The normalized spacial score (nSPS) is 11.3. The Bertz CT molecular complexity index is 493. The maximum atomic E-state index is 4.63. The zero-order valence-electron chi connectivity index (χ0n) is 10.9. The SMILES string of the molecule is CCC(CC)N(CCBr)c1nccc2sccc12. The van der Waals surface area contributed by atoms with Crippen LogP contribution in [0.25, 0.3) is 10.1 Å². The molecule has 2 heterocycles. The molecule has 2 nitrogen and oxygen atoms in total. The Hall–Kier alpha value is -0.610. The molecule has 2 aromatic rings. The quantitative estimate of drug-likeness (QED) is 0.716. The standard InChI is InChI=1S/C14H19BrN2S/c1-3-11(4-2)17(9-7-15)14-12-6-10-18-13(12)5-8-16-14/h5-6,8,10-11H,3-4,7,9H2,1-2H3. The summed E-state index contributed by atoms with van der Waals surface area (Å²) in [5, 5.41) is 4.41. The third kappa shape index (κ3) is 2.69. The molecule has 0 atom stereocenters. The Balaban J connectivity index is 2.43. The van der Waals surface area contributed by atoms with Crippen molar-refractivity contribution >= 4 is 43.2 Å². The van der Waals surface area contributed by atoms with Crippen LogP contribution in [0.5, 0.6) is 0 Å². The highest BCUT2D eigenvalue weighted by Crippen LogP contribution is 2.30. The Morgan fingerprint density at radius 3 is 2.78 bits per heavy atom. The molecular weight excluding hydrogens is 308 g/mol. The fourth-order valence-electron chi connectivity index (χ4n) is 2.39. The molecule has 0 amide bonds. The summed E-state index contributed by atoms with van der Waals surface area (Å²) in [4.78, 5) is 7.07. The molecule has 0 saturated heterocycles. The molecule has 0 unspecified atom stereocenters. The Kier molecular flexibility index (Phi) is 5.01. The minimum Gasteiger partial charge on any atom is -0.352 e. The van der Waals surface area contributed by atoms with Gasteiger partial charge in [0.15, 0.2) is 0 Å².